The average Bonchev–Trinajstić information content (AvgIpc) is 2.56. The van der Waals surface area contributed by atoms with E-state index in [9.17, 15) is 4.79 Å². The molecule has 0 fully saturated rings. The molecule has 5 nitrogen and oxygen atoms in total. The number of nitrogens with zero attached hydrogens (tertiary/aromatic N) is 3. The van der Waals surface area contributed by atoms with Crippen LogP contribution in [0.15, 0.2) is 36.7 Å². The first-order valence-electron chi connectivity index (χ1n) is 7.26. The van der Waals surface area contributed by atoms with Gasteiger partial charge in [-0.1, -0.05) is 19.8 Å². The molecule has 0 spiro atoms. The predicted molar refractivity (Wildman–Crippen MR) is 81.4 cm³/mol. The monoisotopic (exact) mass is 295 g/mol. The van der Waals surface area contributed by atoms with Crippen LogP contribution in [-0.4, -0.2) is 15.9 Å². The zero-order valence-electron chi connectivity index (χ0n) is 12.5. The van der Waals surface area contributed by atoms with Crippen molar-refractivity contribution in [2.45, 2.75) is 32.6 Å². The maximum absolute atomic E-state index is 11.9. The number of nitriles is 1. The molecule has 112 valence electrons. The van der Waals surface area contributed by atoms with Crippen molar-refractivity contribution in [3.63, 3.8) is 0 Å². The summed E-state index contributed by atoms with van der Waals surface area (Å²) >= 11 is 0. The van der Waals surface area contributed by atoms with Crippen molar-refractivity contribution in [3.8, 4) is 11.8 Å². The number of benzene rings is 1. The Hall–Kier alpha value is -2.74. The standard InChI is InChI=1S/C17H17N3O2/c1-2-3-4-5-14-11-19-16(20-12-14)17(21)22-15-8-6-13(10-18)7-9-15/h6-9,11-12H,2-5H2,1H3. The Kier molecular flexibility index (Phi) is 5.61. The van der Waals surface area contributed by atoms with Crippen molar-refractivity contribution in [1.82, 2.24) is 9.97 Å². The molecule has 0 aliphatic heterocycles. The van der Waals surface area contributed by atoms with E-state index in [4.69, 9.17) is 10.00 Å². The maximum Gasteiger partial charge on any atom is 0.381 e. The average molecular weight is 295 g/mol. The van der Waals surface area contributed by atoms with Gasteiger partial charge in [0.1, 0.15) is 5.75 Å². The van der Waals surface area contributed by atoms with Crippen LogP contribution in [0.5, 0.6) is 5.75 Å². The van der Waals surface area contributed by atoms with Crippen LogP contribution in [0, 0.1) is 11.3 Å². The predicted octanol–water partition coefficient (Wildman–Crippen LogP) is 3.30. The molecule has 0 atom stereocenters. The van der Waals surface area contributed by atoms with E-state index in [1.54, 1.807) is 36.7 Å². The van der Waals surface area contributed by atoms with Crippen molar-refractivity contribution in [3.05, 3.63) is 53.6 Å². The Morgan fingerprint density at radius 2 is 1.86 bits per heavy atom. The van der Waals surface area contributed by atoms with E-state index in [1.807, 2.05) is 6.07 Å². The third-order valence-corrected chi connectivity index (χ3v) is 3.15. The number of carbonyl (C=O) groups excluding carboxylic acids is 1. The minimum atomic E-state index is -0.607. The van der Waals surface area contributed by atoms with Crippen molar-refractivity contribution >= 4 is 5.97 Å². The van der Waals surface area contributed by atoms with Crippen LogP contribution in [0.3, 0.4) is 0 Å². The van der Waals surface area contributed by atoms with E-state index in [0.717, 1.165) is 24.8 Å². The summed E-state index contributed by atoms with van der Waals surface area (Å²) in [6.07, 6.45) is 7.67. The highest BCUT2D eigenvalue weighted by molar-refractivity contribution is 5.86. The quantitative estimate of drug-likeness (QED) is 0.464. The molecule has 22 heavy (non-hydrogen) atoms. The van der Waals surface area contributed by atoms with Crippen molar-refractivity contribution in [2.24, 2.45) is 0 Å². The highest BCUT2D eigenvalue weighted by Gasteiger charge is 2.12. The molecule has 0 bridgehead atoms. The van der Waals surface area contributed by atoms with Gasteiger partial charge in [0.25, 0.3) is 0 Å². The smallest absolute Gasteiger partial charge is 0.381 e. The summed E-state index contributed by atoms with van der Waals surface area (Å²) < 4.78 is 5.16. The topological polar surface area (TPSA) is 75.9 Å². The molecule has 0 aliphatic carbocycles. The Morgan fingerprint density at radius 3 is 2.45 bits per heavy atom. The van der Waals surface area contributed by atoms with Gasteiger partial charge in [-0.05, 0) is 42.7 Å². The van der Waals surface area contributed by atoms with E-state index < -0.39 is 5.97 Å². The van der Waals surface area contributed by atoms with Gasteiger partial charge in [0.05, 0.1) is 11.6 Å². The molecule has 0 radical (unpaired) electrons. The lowest BCUT2D eigenvalue weighted by atomic mass is 10.1. The fraction of sp³-hybridized carbons (Fsp3) is 0.294. The first-order chi connectivity index (χ1) is 10.7. The second-order valence-electron chi connectivity index (χ2n) is 4.90. The number of rotatable bonds is 6. The summed E-state index contributed by atoms with van der Waals surface area (Å²) in [6.45, 7) is 2.15. The van der Waals surface area contributed by atoms with E-state index >= 15 is 0 Å². The second-order valence-corrected chi connectivity index (χ2v) is 4.90. The minimum absolute atomic E-state index is 0.0311. The fourth-order valence-corrected chi connectivity index (χ4v) is 1.92. The Balaban J connectivity index is 1.95. The van der Waals surface area contributed by atoms with Gasteiger partial charge in [-0.15, -0.1) is 0 Å². The number of ether oxygens (including phenoxy) is 1. The van der Waals surface area contributed by atoms with E-state index in [-0.39, 0.29) is 5.82 Å². The third kappa shape index (κ3) is 4.38. The number of unbranched alkanes of at least 4 members (excludes halogenated alkanes) is 2. The van der Waals surface area contributed by atoms with Crippen molar-refractivity contribution in [2.75, 3.05) is 0 Å². The molecule has 0 aliphatic rings. The van der Waals surface area contributed by atoms with Crippen molar-refractivity contribution < 1.29 is 9.53 Å². The minimum Gasteiger partial charge on any atom is -0.421 e. The van der Waals surface area contributed by atoms with Gasteiger partial charge >= 0.3 is 5.97 Å². The van der Waals surface area contributed by atoms with Gasteiger partial charge < -0.3 is 4.74 Å². The number of esters is 1. The molecule has 0 amide bonds. The number of aromatic nitrogens is 2. The Bertz CT molecular complexity index is 658. The van der Waals surface area contributed by atoms with Crippen LogP contribution in [0.2, 0.25) is 0 Å². The van der Waals surface area contributed by atoms with Gasteiger partial charge in [-0.2, -0.15) is 5.26 Å². The van der Waals surface area contributed by atoms with Gasteiger partial charge in [-0.25, -0.2) is 14.8 Å². The number of aryl methyl sites for hydroxylation is 1. The fourth-order valence-electron chi connectivity index (χ4n) is 1.92. The second kappa shape index (κ2) is 7.89. The molecule has 1 heterocycles. The summed E-state index contributed by atoms with van der Waals surface area (Å²) in [5.41, 5.74) is 1.52. The zero-order valence-corrected chi connectivity index (χ0v) is 12.5. The summed E-state index contributed by atoms with van der Waals surface area (Å²) in [5, 5.41) is 8.71. The molecular weight excluding hydrogens is 278 g/mol. The van der Waals surface area contributed by atoms with Crippen LogP contribution >= 0.6 is 0 Å². The third-order valence-electron chi connectivity index (χ3n) is 3.15. The summed E-state index contributed by atoms with van der Waals surface area (Å²) in [7, 11) is 0. The molecule has 0 saturated carbocycles. The zero-order chi connectivity index (χ0) is 15.8. The van der Waals surface area contributed by atoms with Crippen LogP contribution in [0.4, 0.5) is 0 Å². The van der Waals surface area contributed by atoms with Crippen LogP contribution < -0.4 is 4.74 Å². The van der Waals surface area contributed by atoms with Crippen LogP contribution in [0.1, 0.15) is 47.9 Å². The summed E-state index contributed by atoms with van der Waals surface area (Å²) in [4.78, 5) is 20.0. The van der Waals surface area contributed by atoms with Crippen LogP contribution in [0.25, 0.3) is 0 Å². The SMILES string of the molecule is CCCCCc1cnc(C(=O)Oc2ccc(C#N)cc2)nc1. The van der Waals surface area contributed by atoms with Gasteiger partial charge in [0.15, 0.2) is 0 Å². The molecular formula is C17H17N3O2. The number of hydrogen-bond donors (Lipinski definition) is 0. The molecule has 0 saturated heterocycles. The van der Waals surface area contributed by atoms with Gasteiger partial charge in [0, 0.05) is 12.4 Å². The number of hydrogen-bond acceptors (Lipinski definition) is 5. The number of carbonyl (C=O) groups is 1. The van der Waals surface area contributed by atoms with E-state index in [1.165, 1.54) is 6.42 Å². The lowest BCUT2D eigenvalue weighted by molar-refractivity contribution is 0.0721. The lowest BCUT2D eigenvalue weighted by Crippen LogP contribution is -2.13. The normalized spacial score (nSPS) is 10.0. The summed E-state index contributed by atoms with van der Waals surface area (Å²) in [5.74, 6) is -0.215. The highest BCUT2D eigenvalue weighted by Crippen LogP contribution is 2.13. The summed E-state index contributed by atoms with van der Waals surface area (Å²) in [6, 6.07) is 8.30. The lowest BCUT2D eigenvalue weighted by Gasteiger charge is -2.04. The van der Waals surface area contributed by atoms with Gasteiger partial charge in [0.2, 0.25) is 5.82 Å². The first-order valence-corrected chi connectivity index (χ1v) is 7.26. The van der Waals surface area contributed by atoms with Crippen molar-refractivity contribution in [1.29, 1.82) is 5.26 Å². The van der Waals surface area contributed by atoms with Crippen LogP contribution in [-0.2, 0) is 6.42 Å². The van der Waals surface area contributed by atoms with E-state index in [0.29, 0.717) is 11.3 Å². The highest BCUT2D eigenvalue weighted by atomic mass is 16.5. The van der Waals surface area contributed by atoms with E-state index in [2.05, 4.69) is 16.9 Å². The van der Waals surface area contributed by atoms with Gasteiger partial charge in [-0.3, -0.25) is 0 Å². The molecule has 1 aromatic carbocycles. The Morgan fingerprint density at radius 1 is 1.18 bits per heavy atom. The Labute approximate surface area is 129 Å². The molecule has 2 rings (SSSR count). The molecule has 0 N–H and O–H groups in total. The molecule has 2 aromatic rings. The molecule has 1 aromatic heterocycles. The first kappa shape index (κ1) is 15.6. The molecule has 5 heteroatoms. The largest absolute Gasteiger partial charge is 0.421 e. The molecule has 0 unspecified atom stereocenters. The maximum atomic E-state index is 11.9.